The van der Waals surface area contributed by atoms with Gasteiger partial charge in [0.15, 0.2) is 0 Å². The molecule has 8 nitrogen and oxygen atoms in total. The molecule has 0 radical (unpaired) electrons. The van der Waals surface area contributed by atoms with E-state index in [1.54, 1.807) is 31.5 Å². The highest BCUT2D eigenvalue weighted by molar-refractivity contribution is 7.73. The number of nitrogens with one attached hydrogen (secondary N) is 3. The van der Waals surface area contributed by atoms with Gasteiger partial charge in [-0.25, -0.2) is 9.19 Å². The molecule has 3 aromatic carbocycles. The second kappa shape index (κ2) is 11.3. The van der Waals surface area contributed by atoms with Crippen molar-refractivity contribution in [2.24, 2.45) is 0 Å². The van der Waals surface area contributed by atoms with E-state index in [9.17, 15) is 4.21 Å². The molecular formula is C26H27N5O3S. The highest BCUT2D eigenvalue weighted by Gasteiger charge is 2.12. The molecule has 35 heavy (non-hydrogen) atoms. The Morgan fingerprint density at radius 3 is 2.57 bits per heavy atom. The molecule has 0 amide bonds. The van der Waals surface area contributed by atoms with Gasteiger partial charge in [-0.1, -0.05) is 36.4 Å². The van der Waals surface area contributed by atoms with Gasteiger partial charge >= 0.3 is 0 Å². The first-order valence-corrected chi connectivity index (χ1v) is 12.3. The van der Waals surface area contributed by atoms with Crippen LogP contribution in [0.4, 0.5) is 17.5 Å². The molecule has 0 aliphatic heterocycles. The van der Waals surface area contributed by atoms with Crippen molar-refractivity contribution in [2.45, 2.75) is 18.4 Å². The average molecular weight is 490 g/mol. The predicted octanol–water partition coefficient (Wildman–Crippen LogP) is 5.51. The molecule has 180 valence electrons. The molecule has 0 aliphatic rings. The number of ether oxygens (including phenoxy) is 2. The third-order valence-corrected chi connectivity index (χ3v) is 5.99. The number of anilines is 3. The van der Waals surface area contributed by atoms with Gasteiger partial charge in [0.25, 0.3) is 0 Å². The third kappa shape index (κ3) is 6.07. The minimum absolute atomic E-state index is 0.375. The summed E-state index contributed by atoms with van der Waals surface area (Å²) in [7, 11) is -0.537. The Morgan fingerprint density at radius 2 is 1.83 bits per heavy atom. The van der Waals surface area contributed by atoms with Crippen molar-refractivity contribution in [3.63, 3.8) is 0 Å². The topological polar surface area (TPSA) is 109 Å². The molecule has 0 fully saturated rings. The summed E-state index contributed by atoms with van der Waals surface area (Å²) in [6, 6.07) is 22.5. The summed E-state index contributed by atoms with van der Waals surface area (Å²) in [6.07, 6.45) is 1.75. The van der Waals surface area contributed by atoms with Crippen LogP contribution < -0.4 is 20.1 Å². The Bertz CT molecular complexity index is 1370. The van der Waals surface area contributed by atoms with Gasteiger partial charge in [0.2, 0.25) is 5.95 Å². The van der Waals surface area contributed by atoms with E-state index in [-0.39, 0.29) is 0 Å². The Hall–Kier alpha value is -4.11. The zero-order valence-electron chi connectivity index (χ0n) is 19.5. The summed E-state index contributed by atoms with van der Waals surface area (Å²) in [5.74, 6) is 2.60. The zero-order chi connectivity index (χ0) is 24.6. The number of para-hydroxylation sites is 1. The van der Waals surface area contributed by atoms with Crippen LogP contribution in [-0.4, -0.2) is 27.9 Å². The highest BCUT2D eigenvalue weighted by atomic mass is 32.2. The zero-order valence-corrected chi connectivity index (χ0v) is 20.4. The standard InChI is InChI=1S/C26H27N5O3S/c1-3-34-21-13-11-18(12-14-21)23-17-29-26(30-20-8-6-9-22(15-20)35(27)32)31-25(23)28-16-19-7-4-5-10-24(19)33-2/h4-15,17,27,35H,3,16H2,1-2H3,(H2,28,29,30,31). The van der Waals surface area contributed by atoms with Crippen molar-refractivity contribution >= 4 is 28.0 Å². The first-order valence-electron chi connectivity index (χ1n) is 11.1. The molecule has 0 aliphatic carbocycles. The summed E-state index contributed by atoms with van der Waals surface area (Å²) in [5.41, 5.74) is 3.42. The van der Waals surface area contributed by atoms with Crippen molar-refractivity contribution < 1.29 is 13.7 Å². The second-order valence-corrected chi connectivity index (χ2v) is 8.65. The summed E-state index contributed by atoms with van der Waals surface area (Å²) >= 11 is 0. The van der Waals surface area contributed by atoms with Crippen LogP contribution in [0.1, 0.15) is 12.5 Å². The van der Waals surface area contributed by atoms with E-state index in [0.717, 1.165) is 28.2 Å². The maximum Gasteiger partial charge on any atom is 0.229 e. The maximum atomic E-state index is 11.6. The fourth-order valence-electron chi connectivity index (χ4n) is 3.55. The SMILES string of the molecule is CCOc1ccc(-c2cnc(Nc3cccc([SH](=N)=O)c3)nc2NCc2ccccc2OC)cc1. The first-order chi connectivity index (χ1) is 17.1. The molecule has 0 bridgehead atoms. The van der Waals surface area contributed by atoms with E-state index in [1.807, 2.05) is 61.5 Å². The van der Waals surface area contributed by atoms with Gasteiger partial charge in [0.1, 0.15) is 17.3 Å². The number of nitrogens with zero attached hydrogens (tertiary/aromatic N) is 2. The predicted molar refractivity (Wildman–Crippen MR) is 139 cm³/mol. The van der Waals surface area contributed by atoms with Crippen LogP contribution >= 0.6 is 0 Å². The third-order valence-electron chi connectivity index (χ3n) is 5.24. The molecule has 0 saturated heterocycles. The lowest BCUT2D eigenvalue weighted by molar-refractivity contribution is 0.340. The number of rotatable bonds is 10. The van der Waals surface area contributed by atoms with Gasteiger partial charge in [-0.05, 0) is 48.9 Å². The smallest absolute Gasteiger partial charge is 0.229 e. The van der Waals surface area contributed by atoms with E-state index >= 15 is 0 Å². The molecule has 1 atom stereocenters. The number of hydrogen-bond donors (Lipinski definition) is 4. The number of methoxy groups -OCH3 is 1. The molecule has 0 saturated carbocycles. The number of thiol groups is 1. The molecular weight excluding hydrogens is 462 g/mol. The molecule has 4 aromatic rings. The van der Waals surface area contributed by atoms with Crippen LogP contribution in [0.5, 0.6) is 11.5 Å². The van der Waals surface area contributed by atoms with E-state index in [1.165, 1.54) is 0 Å². The fraction of sp³-hybridized carbons (Fsp3) is 0.154. The molecule has 1 aromatic heterocycles. The van der Waals surface area contributed by atoms with E-state index in [4.69, 9.17) is 19.2 Å². The molecule has 9 heteroatoms. The van der Waals surface area contributed by atoms with Gasteiger partial charge in [-0.2, -0.15) is 4.98 Å². The Morgan fingerprint density at radius 1 is 1.03 bits per heavy atom. The van der Waals surface area contributed by atoms with Crippen LogP contribution in [0.15, 0.2) is 83.9 Å². The quantitative estimate of drug-likeness (QED) is 0.218. The maximum absolute atomic E-state index is 11.6. The highest BCUT2D eigenvalue weighted by Crippen LogP contribution is 2.30. The van der Waals surface area contributed by atoms with Crippen molar-refractivity contribution in [3.05, 3.63) is 84.6 Å². The Balaban J connectivity index is 1.66. The van der Waals surface area contributed by atoms with Crippen LogP contribution in [0.3, 0.4) is 0 Å². The normalized spacial score (nSPS) is 11.5. The molecule has 3 N–H and O–H groups in total. The van der Waals surface area contributed by atoms with Crippen molar-refractivity contribution in [3.8, 4) is 22.6 Å². The Kier molecular flexibility index (Phi) is 7.79. The largest absolute Gasteiger partial charge is 0.496 e. The minimum atomic E-state index is -2.19. The summed E-state index contributed by atoms with van der Waals surface area (Å²) in [6.45, 7) is 3.05. The second-order valence-electron chi connectivity index (χ2n) is 7.55. The van der Waals surface area contributed by atoms with Crippen LogP contribution in [0.2, 0.25) is 0 Å². The molecule has 1 unspecified atom stereocenters. The van der Waals surface area contributed by atoms with Crippen LogP contribution in [0.25, 0.3) is 11.1 Å². The van der Waals surface area contributed by atoms with Crippen LogP contribution in [0, 0.1) is 4.78 Å². The van der Waals surface area contributed by atoms with E-state index in [0.29, 0.717) is 35.5 Å². The number of hydrogen-bond acceptors (Lipinski definition) is 8. The van der Waals surface area contributed by atoms with Crippen molar-refractivity contribution in [1.82, 2.24) is 9.97 Å². The van der Waals surface area contributed by atoms with Crippen molar-refractivity contribution in [2.75, 3.05) is 24.4 Å². The molecule has 0 spiro atoms. The number of benzene rings is 3. The van der Waals surface area contributed by atoms with Crippen molar-refractivity contribution in [1.29, 1.82) is 4.78 Å². The van der Waals surface area contributed by atoms with Gasteiger partial charge in [0, 0.05) is 34.5 Å². The minimum Gasteiger partial charge on any atom is -0.496 e. The van der Waals surface area contributed by atoms with Gasteiger partial charge < -0.3 is 20.1 Å². The summed E-state index contributed by atoms with van der Waals surface area (Å²) in [5, 5.41) is 6.57. The molecule has 1 heterocycles. The van der Waals surface area contributed by atoms with Gasteiger partial charge in [-0.15, -0.1) is 0 Å². The summed E-state index contributed by atoms with van der Waals surface area (Å²) in [4.78, 5) is 9.65. The average Bonchev–Trinajstić information content (AvgIpc) is 2.88. The monoisotopic (exact) mass is 489 g/mol. The van der Waals surface area contributed by atoms with Gasteiger partial charge in [-0.3, -0.25) is 4.78 Å². The Labute approximate surface area is 206 Å². The van der Waals surface area contributed by atoms with Crippen LogP contribution in [-0.2, 0) is 17.1 Å². The number of aromatic nitrogens is 2. The lowest BCUT2D eigenvalue weighted by Gasteiger charge is -2.15. The van der Waals surface area contributed by atoms with E-state index in [2.05, 4.69) is 15.6 Å². The lowest BCUT2D eigenvalue weighted by atomic mass is 10.1. The van der Waals surface area contributed by atoms with Gasteiger partial charge in [0.05, 0.1) is 24.3 Å². The fourth-order valence-corrected chi connectivity index (χ4v) is 4.03. The molecule has 4 rings (SSSR count). The lowest BCUT2D eigenvalue weighted by Crippen LogP contribution is -2.07. The summed E-state index contributed by atoms with van der Waals surface area (Å²) < 4.78 is 30.1. The first kappa shape index (κ1) is 24.0. The van der Waals surface area contributed by atoms with E-state index < -0.39 is 10.6 Å².